The average Bonchev–Trinajstić information content (AvgIpc) is 2.79. The Morgan fingerprint density at radius 3 is 2.43 bits per heavy atom. The molecule has 1 aromatic heterocycles. The molecule has 0 N–H and O–H groups in total. The number of ether oxygens (including phenoxy) is 2. The molecule has 1 saturated heterocycles. The van der Waals surface area contributed by atoms with Gasteiger partial charge in [-0.2, -0.15) is 0 Å². The van der Waals surface area contributed by atoms with Gasteiger partial charge in [-0.1, -0.05) is 13.8 Å². The van der Waals surface area contributed by atoms with Gasteiger partial charge in [0.1, 0.15) is 0 Å². The molecule has 1 aromatic rings. The third-order valence-corrected chi connectivity index (χ3v) is 3.73. The number of aromatic nitrogens is 2. The Labute approximate surface area is 129 Å². The zero-order valence-electron chi connectivity index (χ0n) is 14.5. The maximum atomic E-state index is 5.57. The van der Waals surface area contributed by atoms with Gasteiger partial charge in [0.25, 0.3) is 0 Å². The molecule has 1 aliphatic rings. The number of hydrogen-bond donors (Lipinski definition) is 0. The molecule has 1 atom stereocenters. The molecule has 1 unspecified atom stereocenters. The van der Waals surface area contributed by atoms with Gasteiger partial charge in [0.2, 0.25) is 5.88 Å². The first kappa shape index (κ1) is 18.0. The summed E-state index contributed by atoms with van der Waals surface area (Å²) in [5.41, 5.74) is 2.35. The molecule has 0 amide bonds. The van der Waals surface area contributed by atoms with Gasteiger partial charge in [-0.3, -0.25) is 9.58 Å². The van der Waals surface area contributed by atoms with Crippen molar-refractivity contribution in [3.05, 3.63) is 11.3 Å². The predicted octanol–water partition coefficient (Wildman–Crippen LogP) is 2.82. The number of morpholine rings is 1. The Bertz CT molecular complexity index is 412. The smallest absolute Gasteiger partial charge is 0.235 e. The van der Waals surface area contributed by atoms with Crippen LogP contribution in [-0.4, -0.2) is 54.1 Å². The van der Waals surface area contributed by atoms with Gasteiger partial charge in [-0.05, 0) is 27.7 Å². The van der Waals surface area contributed by atoms with Crippen LogP contribution in [0.5, 0.6) is 5.88 Å². The van der Waals surface area contributed by atoms with Crippen LogP contribution in [0.25, 0.3) is 0 Å². The van der Waals surface area contributed by atoms with E-state index in [1.54, 1.807) is 0 Å². The molecule has 0 aromatic carbocycles. The van der Waals surface area contributed by atoms with Crippen LogP contribution in [0.1, 0.15) is 45.0 Å². The minimum absolute atomic E-state index is 0.353. The minimum Gasteiger partial charge on any atom is -0.477 e. The second-order valence-corrected chi connectivity index (χ2v) is 5.16. The lowest BCUT2D eigenvalue weighted by Gasteiger charge is -2.29. The van der Waals surface area contributed by atoms with Crippen molar-refractivity contribution >= 4 is 0 Å². The van der Waals surface area contributed by atoms with E-state index >= 15 is 0 Å². The highest BCUT2D eigenvalue weighted by atomic mass is 16.5. The normalized spacial score (nSPS) is 17.0. The fourth-order valence-electron chi connectivity index (χ4n) is 2.51. The van der Waals surface area contributed by atoms with E-state index in [0.717, 1.165) is 44.3 Å². The Morgan fingerprint density at radius 2 is 1.86 bits per heavy atom. The van der Waals surface area contributed by atoms with E-state index < -0.39 is 0 Å². The van der Waals surface area contributed by atoms with E-state index in [0.29, 0.717) is 12.6 Å². The highest BCUT2D eigenvalue weighted by molar-refractivity contribution is 5.29. The summed E-state index contributed by atoms with van der Waals surface area (Å²) < 4.78 is 13.0. The molecule has 2 heterocycles. The number of rotatable bonds is 5. The van der Waals surface area contributed by atoms with Crippen molar-refractivity contribution in [2.75, 3.05) is 39.5 Å². The molecular weight excluding hydrogens is 266 g/mol. The molecule has 5 nitrogen and oxygen atoms in total. The standard InChI is InChI=1S/C14H25N3O2.C2H6/c1-5-19-14-12(3)13(4)17(15-14)11(2)10-16-6-8-18-9-7-16;1-2/h11H,5-10H2,1-4H3;1-2H3. The van der Waals surface area contributed by atoms with Gasteiger partial charge in [-0.25, -0.2) is 0 Å². The van der Waals surface area contributed by atoms with E-state index in [1.807, 2.05) is 20.8 Å². The van der Waals surface area contributed by atoms with Gasteiger partial charge in [-0.15, -0.1) is 5.10 Å². The fraction of sp³-hybridized carbons (Fsp3) is 0.812. The van der Waals surface area contributed by atoms with Crippen molar-refractivity contribution in [3.8, 4) is 5.88 Å². The molecule has 0 saturated carbocycles. The van der Waals surface area contributed by atoms with Crippen LogP contribution in [0, 0.1) is 13.8 Å². The lowest BCUT2D eigenvalue weighted by atomic mass is 10.2. The van der Waals surface area contributed by atoms with E-state index in [9.17, 15) is 0 Å². The van der Waals surface area contributed by atoms with Crippen LogP contribution >= 0.6 is 0 Å². The summed E-state index contributed by atoms with van der Waals surface area (Å²) in [6.45, 7) is 17.8. The summed E-state index contributed by atoms with van der Waals surface area (Å²) in [5, 5.41) is 4.60. The van der Waals surface area contributed by atoms with Crippen molar-refractivity contribution in [2.45, 2.75) is 47.6 Å². The Hall–Kier alpha value is -1.07. The second-order valence-electron chi connectivity index (χ2n) is 5.16. The molecule has 1 aliphatic heterocycles. The summed E-state index contributed by atoms with van der Waals surface area (Å²) >= 11 is 0. The molecular formula is C16H31N3O2. The Balaban J connectivity index is 0.00000106. The molecule has 0 spiro atoms. The second kappa shape index (κ2) is 9.05. The van der Waals surface area contributed by atoms with Crippen LogP contribution < -0.4 is 4.74 Å². The first-order chi connectivity index (χ1) is 10.1. The molecule has 122 valence electrons. The number of hydrogen-bond acceptors (Lipinski definition) is 4. The fourth-order valence-corrected chi connectivity index (χ4v) is 2.51. The minimum atomic E-state index is 0.353. The Morgan fingerprint density at radius 1 is 1.24 bits per heavy atom. The summed E-state index contributed by atoms with van der Waals surface area (Å²) in [6, 6.07) is 0.353. The lowest BCUT2D eigenvalue weighted by Crippen LogP contribution is -2.39. The van der Waals surface area contributed by atoms with Gasteiger partial charge in [0, 0.05) is 30.9 Å². The van der Waals surface area contributed by atoms with Crippen LogP contribution in [0.2, 0.25) is 0 Å². The van der Waals surface area contributed by atoms with Crippen molar-refractivity contribution in [3.63, 3.8) is 0 Å². The van der Waals surface area contributed by atoms with E-state index in [2.05, 4.69) is 35.5 Å². The van der Waals surface area contributed by atoms with Crippen LogP contribution in [0.3, 0.4) is 0 Å². The summed E-state index contributed by atoms with van der Waals surface area (Å²) in [4.78, 5) is 2.44. The Kier molecular flexibility index (Phi) is 7.75. The van der Waals surface area contributed by atoms with E-state index in [1.165, 1.54) is 5.69 Å². The molecule has 0 bridgehead atoms. The van der Waals surface area contributed by atoms with Gasteiger partial charge < -0.3 is 9.47 Å². The topological polar surface area (TPSA) is 39.5 Å². The third kappa shape index (κ3) is 4.71. The first-order valence-electron chi connectivity index (χ1n) is 8.12. The molecule has 1 fully saturated rings. The zero-order chi connectivity index (χ0) is 15.8. The average molecular weight is 297 g/mol. The van der Waals surface area contributed by atoms with Crippen LogP contribution in [-0.2, 0) is 4.74 Å². The van der Waals surface area contributed by atoms with E-state index in [-0.39, 0.29) is 0 Å². The summed E-state index contributed by atoms with van der Waals surface area (Å²) in [6.07, 6.45) is 0. The number of nitrogens with zero attached hydrogens (tertiary/aromatic N) is 3. The van der Waals surface area contributed by atoms with Crippen LogP contribution in [0.4, 0.5) is 0 Å². The molecule has 21 heavy (non-hydrogen) atoms. The maximum Gasteiger partial charge on any atom is 0.235 e. The lowest BCUT2D eigenvalue weighted by molar-refractivity contribution is 0.0317. The van der Waals surface area contributed by atoms with Crippen LogP contribution in [0.15, 0.2) is 0 Å². The summed E-state index contributed by atoms with van der Waals surface area (Å²) in [5.74, 6) is 0.772. The predicted molar refractivity (Wildman–Crippen MR) is 86.2 cm³/mol. The molecule has 5 heteroatoms. The molecule has 0 aliphatic carbocycles. The van der Waals surface area contributed by atoms with Gasteiger partial charge in [0.05, 0.1) is 25.9 Å². The van der Waals surface area contributed by atoms with E-state index in [4.69, 9.17) is 9.47 Å². The van der Waals surface area contributed by atoms with Crippen molar-refractivity contribution in [2.24, 2.45) is 0 Å². The third-order valence-electron chi connectivity index (χ3n) is 3.73. The molecule has 2 rings (SSSR count). The zero-order valence-corrected chi connectivity index (χ0v) is 14.5. The monoisotopic (exact) mass is 297 g/mol. The molecule has 0 radical (unpaired) electrons. The van der Waals surface area contributed by atoms with Crippen molar-refractivity contribution in [1.29, 1.82) is 0 Å². The largest absolute Gasteiger partial charge is 0.477 e. The first-order valence-corrected chi connectivity index (χ1v) is 8.12. The SMILES string of the molecule is CC.CCOc1nn(C(C)CN2CCOCC2)c(C)c1C. The van der Waals surface area contributed by atoms with Crippen molar-refractivity contribution < 1.29 is 9.47 Å². The van der Waals surface area contributed by atoms with Gasteiger partial charge in [0.15, 0.2) is 0 Å². The van der Waals surface area contributed by atoms with Crippen molar-refractivity contribution in [1.82, 2.24) is 14.7 Å². The maximum absolute atomic E-state index is 5.57. The quantitative estimate of drug-likeness (QED) is 0.838. The highest BCUT2D eigenvalue weighted by Gasteiger charge is 2.19. The summed E-state index contributed by atoms with van der Waals surface area (Å²) in [7, 11) is 0. The highest BCUT2D eigenvalue weighted by Crippen LogP contribution is 2.23. The van der Waals surface area contributed by atoms with Gasteiger partial charge >= 0.3 is 0 Å².